The molecule has 0 aromatic heterocycles. The summed E-state index contributed by atoms with van der Waals surface area (Å²) in [4.78, 5) is 0. The van der Waals surface area contributed by atoms with Gasteiger partial charge in [0.05, 0.1) is 0 Å². The maximum atomic E-state index is 14.4. The number of hydrogen-bond donors (Lipinski definition) is 2. The van der Waals surface area contributed by atoms with Gasteiger partial charge in [-0.25, -0.2) is 17.6 Å². The lowest BCUT2D eigenvalue weighted by atomic mass is 10.2. The molecule has 0 saturated carbocycles. The molecule has 4 unspecified atom stereocenters. The third kappa shape index (κ3) is 8.12. The summed E-state index contributed by atoms with van der Waals surface area (Å²) in [5, 5.41) is 0.892. The third-order valence-electron chi connectivity index (χ3n) is 4.61. The Morgan fingerprint density at radius 2 is 0.714 bits per heavy atom. The van der Waals surface area contributed by atoms with E-state index in [0.717, 1.165) is 5.32 Å². The van der Waals surface area contributed by atoms with Crippen molar-refractivity contribution >= 4 is 0 Å². The zero-order valence-corrected chi connectivity index (χ0v) is 20.8. The van der Waals surface area contributed by atoms with Gasteiger partial charge >= 0.3 is 60.1 Å². The molecule has 4 atom stereocenters. The van der Waals surface area contributed by atoms with Crippen LogP contribution in [0.1, 0.15) is 27.7 Å². The molecule has 3 N–H and O–H groups in total. The zero-order valence-electron chi connectivity index (χ0n) is 20.8. The predicted molar refractivity (Wildman–Crippen MR) is 95.2 cm³/mol. The number of nitrogens with one attached hydrogen (secondary N) is 1. The first-order valence-corrected chi connectivity index (χ1v) is 10.2. The van der Waals surface area contributed by atoms with E-state index in [0.29, 0.717) is 0 Å². The van der Waals surface area contributed by atoms with Crippen LogP contribution in [0, 0.1) is 0 Å². The fourth-order valence-corrected chi connectivity index (χ4v) is 2.09. The number of nitrogens with two attached hydrogens (primary N) is 1. The first kappa shape index (κ1) is 40.4. The van der Waals surface area contributed by atoms with Crippen molar-refractivity contribution in [3.8, 4) is 0 Å². The molecular weight excluding hydrogens is 657 g/mol. The Morgan fingerprint density at radius 3 is 0.976 bits per heavy atom. The van der Waals surface area contributed by atoms with Crippen molar-refractivity contribution in [2.45, 2.75) is 93.7 Å². The van der Waals surface area contributed by atoms with E-state index in [9.17, 15) is 83.4 Å². The summed E-state index contributed by atoms with van der Waals surface area (Å²) in [6, 6.07) is -5.20. The number of alkyl halides is 19. The molecule has 0 rings (SSSR count). The lowest BCUT2D eigenvalue weighted by molar-refractivity contribution is -0.534. The molecule has 0 saturated heterocycles. The van der Waals surface area contributed by atoms with E-state index in [-0.39, 0.29) is 0 Å². The quantitative estimate of drug-likeness (QED) is 0.144. The second-order valence-electron chi connectivity index (χ2n) is 8.50. The van der Waals surface area contributed by atoms with E-state index in [4.69, 9.17) is 5.73 Å². The molecular formula is C17H19F19N2O4. The van der Waals surface area contributed by atoms with Crippen LogP contribution in [-0.2, 0) is 18.9 Å². The van der Waals surface area contributed by atoms with Gasteiger partial charge in [0, 0.05) is 40.8 Å². The smallest absolute Gasteiger partial charge is 0.329 e. The van der Waals surface area contributed by atoms with E-state index >= 15 is 0 Å². The van der Waals surface area contributed by atoms with Crippen molar-refractivity contribution in [1.82, 2.24) is 5.32 Å². The van der Waals surface area contributed by atoms with Gasteiger partial charge in [0.15, 0.2) is 0 Å². The summed E-state index contributed by atoms with van der Waals surface area (Å²) in [5.41, 5.74) is 4.80. The third-order valence-corrected chi connectivity index (χ3v) is 4.61. The first-order chi connectivity index (χ1) is 17.9. The van der Waals surface area contributed by atoms with Crippen LogP contribution in [0.15, 0.2) is 0 Å². The topological polar surface area (TPSA) is 75.0 Å². The Hall–Kier alpha value is -1.57. The minimum Gasteiger partial charge on any atom is -0.329 e. The molecule has 0 aromatic rings. The number of hydrogen-bond acceptors (Lipinski definition) is 6. The van der Waals surface area contributed by atoms with E-state index in [1.807, 2.05) is 0 Å². The molecule has 0 aliphatic rings. The summed E-state index contributed by atoms with van der Waals surface area (Å²) < 4.78 is 267. The van der Waals surface area contributed by atoms with Crippen molar-refractivity contribution in [3.63, 3.8) is 0 Å². The van der Waals surface area contributed by atoms with Crippen LogP contribution in [0.4, 0.5) is 83.4 Å². The minimum atomic E-state index is -7.46. The number of ether oxygens (including phenoxy) is 4. The van der Waals surface area contributed by atoms with Gasteiger partial charge in [-0.05, 0) is 0 Å². The summed E-state index contributed by atoms with van der Waals surface area (Å²) >= 11 is 0. The average Bonchev–Trinajstić information content (AvgIpc) is 2.67. The van der Waals surface area contributed by atoms with Gasteiger partial charge < -0.3 is 5.73 Å². The monoisotopic (exact) mass is 676 g/mol. The van der Waals surface area contributed by atoms with Gasteiger partial charge in [-0.1, -0.05) is 0 Å². The molecule has 0 aromatic carbocycles. The van der Waals surface area contributed by atoms with Crippen LogP contribution in [0.5, 0.6) is 0 Å². The molecule has 0 heterocycles. The Labute approximate surface area is 221 Å². The molecule has 0 spiro atoms. The number of rotatable bonds is 16. The van der Waals surface area contributed by atoms with Crippen LogP contribution in [0.2, 0.25) is 0 Å². The molecule has 42 heavy (non-hydrogen) atoms. The van der Waals surface area contributed by atoms with E-state index < -0.39 is 107 Å². The lowest BCUT2D eigenvalue weighted by Gasteiger charge is -2.41. The minimum absolute atomic E-state index is 0.526. The van der Waals surface area contributed by atoms with Crippen molar-refractivity contribution in [2.75, 3.05) is 13.1 Å². The highest BCUT2D eigenvalue weighted by atomic mass is 19.4. The molecule has 0 fully saturated rings. The van der Waals surface area contributed by atoms with Gasteiger partial charge in [-0.3, -0.25) is 24.3 Å². The second-order valence-corrected chi connectivity index (χ2v) is 8.50. The average molecular weight is 676 g/mol. The number of halogens is 19. The molecule has 0 bridgehead atoms. The van der Waals surface area contributed by atoms with Crippen molar-refractivity contribution in [2.24, 2.45) is 5.73 Å². The van der Waals surface area contributed by atoms with Crippen LogP contribution in [-0.4, -0.2) is 79.1 Å². The van der Waals surface area contributed by atoms with Crippen molar-refractivity contribution in [3.05, 3.63) is 0 Å². The fourth-order valence-electron chi connectivity index (χ4n) is 2.09. The summed E-state index contributed by atoms with van der Waals surface area (Å²) in [6.07, 6.45) is -34.4. The van der Waals surface area contributed by atoms with Gasteiger partial charge in [0.2, 0.25) is 0 Å². The van der Waals surface area contributed by atoms with Crippen LogP contribution in [0.3, 0.4) is 0 Å². The van der Waals surface area contributed by atoms with E-state index in [1.165, 1.54) is 0 Å². The maximum absolute atomic E-state index is 14.4. The lowest BCUT2D eigenvalue weighted by Crippen LogP contribution is -2.64. The van der Waals surface area contributed by atoms with Gasteiger partial charge in [-0.2, -0.15) is 65.9 Å². The standard InChI is InChI=1S/C17H19F19N2O4/c1-7(18,13(27,28)38-6-5-37)39-14(29,30)8(2,19)40-15(31,32)9(3,20)41-16(33,34)10(4,21)42-17(35,36)11(22,23)12(24,25)26/h38H,5-6,37H2,1-4H3. The van der Waals surface area contributed by atoms with Crippen LogP contribution >= 0.6 is 0 Å². The Balaban J connectivity index is 6.16. The molecule has 6 nitrogen and oxygen atoms in total. The molecule has 254 valence electrons. The van der Waals surface area contributed by atoms with E-state index in [1.54, 1.807) is 0 Å². The SMILES string of the molecule is CC(F)(OC(F)(F)C(C)(F)OC(F)(F)C(C)(F)OC(F)(F)C(C)(F)OC(F)(F)C(F)(F)C(F)(F)F)C(F)(F)NCCN. The van der Waals surface area contributed by atoms with Crippen molar-refractivity contribution < 1.29 is 102 Å². The second kappa shape index (κ2) is 11.4. The highest BCUT2D eigenvalue weighted by molar-refractivity contribution is 4.90. The van der Waals surface area contributed by atoms with Crippen molar-refractivity contribution in [1.29, 1.82) is 0 Å². The molecule has 25 heteroatoms. The highest BCUT2D eigenvalue weighted by Crippen LogP contribution is 2.53. The molecule has 0 aliphatic heterocycles. The van der Waals surface area contributed by atoms with Crippen LogP contribution in [0.25, 0.3) is 0 Å². The Kier molecular flexibility index (Phi) is 11.0. The van der Waals surface area contributed by atoms with Gasteiger partial charge in [-0.15, -0.1) is 0 Å². The first-order valence-electron chi connectivity index (χ1n) is 10.2. The summed E-state index contributed by atoms with van der Waals surface area (Å²) in [5.74, 6) is -30.3. The molecule has 0 aliphatic carbocycles. The summed E-state index contributed by atoms with van der Waals surface area (Å²) in [6.45, 7) is -5.40. The van der Waals surface area contributed by atoms with Gasteiger partial charge in [0.25, 0.3) is 5.85 Å². The fraction of sp³-hybridized carbons (Fsp3) is 1.00. The largest absolute Gasteiger partial charge is 0.462 e. The van der Waals surface area contributed by atoms with Crippen LogP contribution < -0.4 is 11.1 Å². The predicted octanol–water partition coefficient (Wildman–Crippen LogP) is 6.51. The Morgan fingerprint density at radius 1 is 0.452 bits per heavy atom. The van der Waals surface area contributed by atoms with E-state index in [2.05, 4.69) is 18.9 Å². The normalized spacial score (nSPS) is 20.9. The zero-order chi connectivity index (χ0) is 34.4. The Bertz CT molecular complexity index is 920. The maximum Gasteiger partial charge on any atom is 0.462 e. The van der Waals surface area contributed by atoms with Gasteiger partial charge in [0.1, 0.15) is 0 Å². The molecule has 0 amide bonds. The highest BCUT2D eigenvalue weighted by Gasteiger charge is 2.78. The molecule has 0 radical (unpaired) electrons. The summed E-state index contributed by atoms with van der Waals surface area (Å²) in [7, 11) is 0.